The van der Waals surface area contributed by atoms with Crippen molar-refractivity contribution < 1.29 is 18.0 Å². The number of nitrogens with two attached hydrogens (primary N) is 1. The SMILES string of the molecule is NC(=O)C1CNCCN1CC(F)(F)F. The number of primary amides is 1. The van der Waals surface area contributed by atoms with Crippen LogP contribution >= 0.6 is 0 Å². The number of hydrogen-bond acceptors (Lipinski definition) is 3. The monoisotopic (exact) mass is 211 g/mol. The molecule has 0 aromatic heterocycles. The topological polar surface area (TPSA) is 58.4 Å². The number of alkyl halides is 3. The van der Waals surface area contributed by atoms with Crippen molar-refractivity contribution in [3.05, 3.63) is 0 Å². The Balaban J connectivity index is 2.59. The minimum absolute atomic E-state index is 0.186. The molecule has 1 atom stereocenters. The molecule has 0 saturated carbocycles. The van der Waals surface area contributed by atoms with E-state index in [1.54, 1.807) is 0 Å². The molecule has 1 aliphatic heterocycles. The predicted octanol–water partition coefficient (Wildman–Crippen LogP) is -0.692. The van der Waals surface area contributed by atoms with Crippen LogP contribution in [0.15, 0.2) is 0 Å². The van der Waals surface area contributed by atoms with Crippen LogP contribution in [0.2, 0.25) is 0 Å². The Bertz CT molecular complexity index is 219. The number of carbonyl (C=O) groups excluding carboxylic acids is 1. The average Bonchev–Trinajstić information content (AvgIpc) is 2.01. The first kappa shape index (κ1) is 11.3. The first-order chi connectivity index (χ1) is 6.40. The van der Waals surface area contributed by atoms with Gasteiger partial charge in [-0.15, -0.1) is 0 Å². The van der Waals surface area contributed by atoms with E-state index >= 15 is 0 Å². The number of nitrogens with one attached hydrogen (secondary N) is 1. The van der Waals surface area contributed by atoms with Crippen molar-refractivity contribution in [2.75, 3.05) is 26.2 Å². The summed E-state index contributed by atoms with van der Waals surface area (Å²) in [7, 11) is 0. The van der Waals surface area contributed by atoms with E-state index < -0.39 is 24.7 Å². The molecule has 0 radical (unpaired) electrons. The highest BCUT2D eigenvalue weighted by atomic mass is 19.4. The van der Waals surface area contributed by atoms with Gasteiger partial charge in [0.15, 0.2) is 0 Å². The molecule has 0 aliphatic carbocycles. The van der Waals surface area contributed by atoms with Gasteiger partial charge in [0.1, 0.15) is 6.04 Å². The number of carbonyl (C=O) groups is 1. The third-order valence-electron chi connectivity index (χ3n) is 2.07. The van der Waals surface area contributed by atoms with Crippen LogP contribution in [0.25, 0.3) is 0 Å². The maximum absolute atomic E-state index is 12.1. The number of hydrogen-bond donors (Lipinski definition) is 2. The fraction of sp³-hybridized carbons (Fsp3) is 0.857. The summed E-state index contributed by atoms with van der Waals surface area (Å²) >= 11 is 0. The van der Waals surface area contributed by atoms with Gasteiger partial charge in [-0.05, 0) is 0 Å². The lowest BCUT2D eigenvalue weighted by atomic mass is 10.2. The summed E-state index contributed by atoms with van der Waals surface area (Å²) < 4.78 is 36.2. The van der Waals surface area contributed by atoms with Gasteiger partial charge >= 0.3 is 6.18 Å². The van der Waals surface area contributed by atoms with Gasteiger partial charge in [-0.3, -0.25) is 9.69 Å². The number of piperazine rings is 1. The van der Waals surface area contributed by atoms with Gasteiger partial charge in [0.05, 0.1) is 6.54 Å². The van der Waals surface area contributed by atoms with Crippen molar-refractivity contribution in [1.29, 1.82) is 0 Å². The Hall–Kier alpha value is -0.820. The molecule has 0 bridgehead atoms. The van der Waals surface area contributed by atoms with Crippen LogP contribution in [0.1, 0.15) is 0 Å². The van der Waals surface area contributed by atoms with Crippen LogP contribution in [0.5, 0.6) is 0 Å². The third-order valence-corrected chi connectivity index (χ3v) is 2.07. The summed E-state index contributed by atoms with van der Waals surface area (Å²) in [4.78, 5) is 11.9. The standard InChI is InChI=1S/C7H12F3N3O/c8-7(9,10)4-13-2-1-12-3-5(13)6(11)14/h5,12H,1-4H2,(H2,11,14). The van der Waals surface area contributed by atoms with E-state index in [4.69, 9.17) is 5.73 Å². The van der Waals surface area contributed by atoms with Gasteiger partial charge in [0.25, 0.3) is 0 Å². The van der Waals surface area contributed by atoms with Crippen molar-refractivity contribution >= 4 is 5.91 Å². The van der Waals surface area contributed by atoms with E-state index in [0.717, 1.165) is 4.90 Å². The number of halogens is 3. The molecule has 3 N–H and O–H groups in total. The maximum atomic E-state index is 12.1. The van der Waals surface area contributed by atoms with Crippen LogP contribution in [0.3, 0.4) is 0 Å². The summed E-state index contributed by atoms with van der Waals surface area (Å²) in [5.74, 6) is -0.721. The molecule has 0 aromatic carbocycles. The first-order valence-corrected chi connectivity index (χ1v) is 4.21. The molecule has 7 heteroatoms. The van der Waals surface area contributed by atoms with E-state index in [1.807, 2.05) is 0 Å². The highest BCUT2D eigenvalue weighted by Gasteiger charge is 2.36. The second kappa shape index (κ2) is 4.14. The zero-order chi connectivity index (χ0) is 10.8. The predicted molar refractivity (Wildman–Crippen MR) is 43.5 cm³/mol. The van der Waals surface area contributed by atoms with Crippen LogP contribution < -0.4 is 11.1 Å². The van der Waals surface area contributed by atoms with E-state index in [2.05, 4.69) is 5.32 Å². The van der Waals surface area contributed by atoms with Crippen molar-refractivity contribution in [3.8, 4) is 0 Å². The number of amides is 1. The molecule has 14 heavy (non-hydrogen) atoms. The molecule has 1 heterocycles. The Labute approximate surface area is 79.2 Å². The number of rotatable bonds is 2. The molecule has 1 amide bonds. The molecule has 1 fully saturated rings. The highest BCUT2D eigenvalue weighted by Crippen LogP contribution is 2.18. The van der Waals surface area contributed by atoms with Gasteiger partial charge in [-0.25, -0.2) is 0 Å². The van der Waals surface area contributed by atoms with Crippen LogP contribution in [-0.2, 0) is 4.79 Å². The molecular formula is C7H12F3N3O. The van der Waals surface area contributed by atoms with Gasteiger partial charge in [-0.2, -0.15) is 13.2 Å². The summed E-state index contributed by atoms with van der Waals surface area (Å²) in [5.41, 5.74) is 4.99. The second-order valence-corrected chi connectivity index (χ2v) is 3.21. The molecule has 82 valence electrons. The Kier molecular flexibility index (Phi) is 3.33. The lowest BCUT2D eigenvalue weighted by Crippen LogP contribution is -2.58. The third kappa shape index (κ3) is 3.15. The quantitative estimate of drug-likeness (QED) is 0.635. The molecular weight excluding hydrogens is 199 g/mol. The summed E-state index contributed by atoms with van der Waals surface area (Å²) in [6.45, 7) is -0.263. The fourth-order valence-electron chi connectivity index (χ4n) is 1.45. The first-order valence-electron chi connectivity index (χ1n) is 4.21. The van der Waals surface area contributed by atoms with Gasteiger partial charge in [-0.1, -0.05) is 0 Å². The second-order valence-electron chi connectivity index (χ2n) is 3.21. The molecule has 1 saturated heterocycles. The van der Waals surface area contributed by atoms with Gasteiger partial charge < -0.3 is 11.1 Å². The Morgan fingerprint density at radius 2 is 2.21 bits per heavy atom. The van der Waals surface area contributed by atoms with Gasteiger partial charge in [0.2, 0.25) is 5.91 Å². The lowest BCUT2D eigenvalue weighted by Gasteiger charge is -2.34. The fourth-order valence-corrected chi connectivity index (χ4v) is 1.45. The van der Waals surface area contributed by atoms with Crippen LogP contribution in [0, 0.1) is 0 Å². The molecule has 4 nitrogen and oxygen atoms in total. The van der Waals surface area contributed by atoms with E-state index in [0.29, 0.717) is 6.54 Å². The normalized spacial score (nSPS) is 24.9. The average molecular weight is 211 g/mol. The smallest absolute Gasteiger partial charge is 0.368 e. The molecule has 0 spiro atoms. The zero-order valence-corrected chi connectivity index (χ0v) is 7.47. The van der Waals surface area contributed by atoms with Crippen molar-refractivity contribution in [2.45, 2.75) is 12.2 Å². The molecule has 1 unspecified atom stereocenters. The van der Waals surface area contributed by atoms with Gasteiger partial charge in [0, 0.05) is 19.6 Å². The lowest BCUT2D eigenvalue weighted by molar-refractivity contribution is -0.155. The molecule has 0 aromatic rings. The van der Waals surface area contributed by atoms with Crippen LogP contribution in [0.4, 0.5) is 13.2 Å². The van der Waals surface area contributed by atoms with E-state index in [9.17, 15) is 18.0 Å². The Morgan fingerprint density at radius 3 is 2.71 bits per heavy atom. The summed E-state index contributed by atoms with van der Waals surface area (Å²) in [5, 5.41) is 2.82. The zero-order valence-electron chi connectivity index (χ0n) is 7.47. The minimum Gasteiger partial charge on any atom is -0.368 e. The van der Waals surface area contributed by atoms with E-state index in [1.165, 1.54) is 0 Å². The molecule has 1 rings (SSSR count). The van der Waals surface area contributed by atoms with Crippen molar-refractivity contribution in [1.82, 2.24) is 10.2 Å². The summed E-state index contributed by atoms with van der Waals surface area (Å²) in [6, 6.07) is -0.856. The Morgan fingerprint density at radius 1 is 1.57 bits per heavy atom. The highest BCUT2D eigenvalue weighted by molar-refractivity contribution is 5.80. The van der Waals surface area contributed by atoms with E-state index in [-0.39, 0.29) is 13.1 Å². The maximum Gasteiger partial charge on any atom is 0.401 e. The van der Waals surface area contributed by atoms with Crippen molar-refractivity contribution in [2.24, 2.45) is 5.73 Å². The number of nitrogens with zero attached hydrogens (tertiary/aromatic N) is 1. The molecule has 1 aliphatic rings. The van der Waals surface area contributed by atoms with Crippen LogP contribution in [-0.4, -0.2) is 49.2 Å². The summed E-state index contributed by atoms with van der Waals surface area (Å²) in [6.07, 6.45) is -4.29. The minimum atomic E-state index is -4.29. The van der Waals surface area contributed by atoms with Crippen molar-refractivity contribution in [3.63, 3.8) is 0 Å². The largest absolute Gasteiger partial charge is 0.401 e.